The fourth-order valence-corrected chi connectivity index (χ4v) is 5.54. The highest BCUT2D eigenvalue weighted by molar-refractivity contribution is 14.1. The van der Waals surface area contributed by atoms with Crippen molar-refractivity contribution in [1.29, 1.82) is 0 Å². The molecule has 0 aliphatic rings. The zero-order valence-electron chi connectivity index (χ0n) is 13.4. The number of hydrogen-bond donors (Lipinski definition) is 2. The van der Waals surface area contributed by atoms with Gasteiger partial charge in [-0.2, -0.15) is 0 Å². The summed E-state index contributed by atoms with van der Waals surface area (Å²) in [6.45, 7) is 0. The van der Waals surface area contributed by atoms with Crippen molar-refractivity contribution in [3.63, 3.8) is 0 Å². The minimum absolute atomic E-state index is 0.0386. The smallest absolute Gasteiger partial charge is 0.271 e. The second-order valence-corrected chi connectivity index (χ2v) is 10.5. The number of sulfonamides is 1. The van der Waals surface area contributed by atoms with Crippen LogP contribution in [0.5, 0.6) is 0 Å². The molecule has 3 rings (SSSR count). The summed E-state index contributed by atoms with van der Waals surface area (Å²) in [6, 6.07) is 6.93. The van der Waals surface area contributed by atoms with Crippen LogP contribution in [-0.2, 0) is 10.0 Å². The van der Waals surface area contributed by atoms with Gasteiger partial charge in [0, 0.05) is 3.57 Å². The molecular weight excluding hydrogens is 571 g/mol. The Morgan fingerprint density at radius 2 is 1.64 bits per heavy atom. The number of rotatable bonds is 5. The topological polar surface area (TPSA) is 58.2 Å². The molecule has 0 aliphatic heterocycles. The van der Waals surface area contributed by atoms with Crippen molar-refractivity contribution in [2.45, 2.75) is 4.21 Å². The molecule has 12 heteroatoms. The van der Waals surface area contributed by atoms with Crippen LogP contribution in [0.25, 0.3) is 0 Å². The molecule has 0 radical (unpaired) electrons. The van der Waals surface area contributed by atoms with Gasteiger partial charge in [0.2, 0.25) is 0 Å². The Balaban J connectivity index is 2.03. The van der Waals surface area contributed by atoms with Crippen molar-refractivity contribution in [3.8, 4) is 0 Å². The first-order valence-corrected chi connectivity index (χ1v) is 11.4. The molecule has 0 spiro atoms. The molecule has 1 heterocycles. The van der Waals surface area contributed by atoms with Crippen LogP contribution >= 0.6 is 57.1 Å². The van der Waals surface area contributed by atoms with Crippen LogP contribution in [0.15, 0.2) is 40.6 Å². The summed E-state index contributed by atoms with van der Waals surface area (Å²) in [5.41, 5.74) is -1.05. The Hall–Kier alpha value is -1.21. The van der Waals surface area contributed by atoms with Gasteiger partial charge in [-0.25, -0.2) is 21.6 Å². The molecule has 2 N–H and O–H groups in total. The van der Waals surface area contributed by atoms with E-state index in [-0.39, 0.29) is 24.9 Å². The van der Waals surface area contributed by atoms with Gasteiger partial charge in [-0.05, 0) is 59.0 Å². The summed E-state index contributed by atoms with van der Waals surface area (Å²) >= 11 is 14.1. The Morgan fingerprint density at radius 3 is 2.25 bits per heavy atom. The number of benzene rings is 2. The fourth-order valence-electron chi connectivity index (χ4n) is 2.14. The van der Waals surface area contributed by atoms with Crippen LogP contribution in [0.1, 0.15) is 0 Å². The molecule has 2 aromatic carbocycles. The summed E-state index contributed by atoms with van der Waals surface area (Å²) in [7, 11) is -4.20. The maximum Gasteiger partial charge on any atom is 0.271 e. The van der Waals surface area contributed by atoms with E-state index in [1.807, 2.05) is 22.6 Å². The molecule has 28 heavy (non-hydrogen) atoms. The first-order chi connectivity index (χ1) is 13.1. The normalized spacial score (nSPS) is 11.5. The molecule has 1 aromatic heterocycles. The van der Waals surface area contributed by atoms with Gasteiger partial charge in [-0.1, -0.05) is 23.2 Å². The molecule has 0 aliphatic carbocycles. The zero-order chi connectivity index (χ0) is 20.6. The predicted octanol–water partition coefficient (Wildman–Crippen LogP) is 6.62. The lowest BCUT2D eigenvalue weighted by molar-refractivity contribution is 0.512. The third-order valence-corrected chi connectivity index (χ3v) is 7.79. The molecule has 148 valence electrons. The molecule has 0 atom stereocenters. The quantitative estimate of drug-likeness (QED) is 0.334. The molecule has 0 saturated heterocycles. The minimum Gasteiger partial charge on any atom is -0.349 e. The minimum atomic E-state index is -4.20. The van der Waals surface area contributed by atoms with Gasteiger partial charge < -0.3 is 5.32 Å². The highest BCUT2D eigenvalue weighted by Gasteiger charge is 2.23. The highest BCUT2D eigenvalue weighted by Crippen LogP contribution is 2.37. The third-order valence-electron chi connectivity index (χ3n) is 3.42. The molecule has 0 saturated carbocycles. The maximum absolute atomic E-state index is 14.4. The van der Waals surface area contributed by atoms with Crippen molar-refractivity contribution in [3.05, 3.63) is 66.8 Å². The molecule has 4 nitrogen and oxygen atoms in total. The first-order valence-electron chi connectivity index (χ1n) is 7.26. The van der Waals surface area contributed by atoms with Gasteiger partial charge in [0.1, 0.15) is 20.1 Å². The third kappa shape index (κ3) is 4.51. The number of hydrogen-bond acceptors (Lipinski definition) is 4. The Bertz CT molecular complexity index is 1150. The predicted molar refractivity (Wildman–Crippen MR) is 114 cm³/mol. The van der Waals surface area contributed by atoms with Crippen molar-refractivity contribution in [2.24, 2.45) is 0 Å². The van der Waals surface area contributed by atoms with Crippen LogP contribution in [0.3, 0.4) is 0 Å². The lowest BCUT2D eigenvalue weighted by Crippen LogP contribution is -2.14. The zero-order valence-corrected chi connectivity index (χ0v) is 18.7. The second-order valence-electron chi connectivity index (χ2n) is 5.33. The van der Waals surface area contributed by atoms with Gasteiger partial charge in [0.25, 0.3) is 10.0 Å². The van der Waals surface area contributed by atoms with E-state index in [0.29, 0.717) is 14.9 Å². The number of nitrogens with one attached hydrogen (secondary N) is 2. The van der Waals surface area contributed by atoms with Crippen LogP contribution in [0, 0.1) is 21.0 Å². The van der Waals surface area contributed by atoms with Gasteiger partial charge in [-0.15, -0.1) is 11.3 Å². The summed E-state index contributed by atoms with van der Waals surface area (Å²) < 4.78 is 69.8. The van der Waals surface area contributed by atoms with E-state index in [4.69, 9.17) is 23.2 Å². The van der Waals surface area contributed by atoms with E-state index in [1.54, 1.807) is 6.07 Å². The van der Waals surface area contributed by atoms with Crippen LogP contribution in [0.2, 0.25) is 9.36 Å². The van der Waals surface area contributed by atoms with Crippen LogP contribution < -0.4 is 10.0 Å². The summed E-state index contributed by atoms with van der Waals surface area (Å²) in [5.74, 6) is -3.33. The Labute approximate surface area is 185 Å². The lowest BCUT2D eigenvalue weighted by Gasteiger charge is -2.15. The summed E-state index contributed by atoms with van der Waals surface area (Å²) in [6.07, 6.45) is 0. The second kappa shape index (κ2) is 8.27. The van der Waals surface area contributed by atoms with Crippen molar-refractivity contribution in [2.75, 3.05) is 10.0 Å². The molecule has 0 bridgehead atoms. The monoisotopic (exact) mass is 578 g/mol. The SMILES string of the molecule is O=S(=O)(Nc1ccc(F)c(F)c1Nc1ccc(I)cc1F)c1cc(Cl)c(Cl)s1. The van der Waals surface area contributed by atoms with Gasteiger partial charge in [0.05, 0.1) is 16.4 Å². The summed E-state index contributed by atoms with van der Waals surface area (Å²) in [4.78, 5) is 0. The van der Waals surface area contributed by atoms with Crippen molar-refractivity contribution >= 4 is 84.2 Å². The van der Waals surface area contributed by atoms with E-state index in [0.717, 1.165) is 18.2 Å². The van der Waals surface area contributed by atoms with Gasteiger partial charge in [0.15, 0.2) is 11.6 Å². The van der Waals surface area contributed by atoms with E-state index in [1.165, 1.54) is 12.1 Å². The average molecular weight is 579 g/mol. The van der Waals surface area contributed by atoms with E-state index in [9.17, 15) is 21.6 Å². The molecular formula is C16H8Cl2F3IN2O2S2. The molecule has 0 fully saturated rings. The number of anilines is 3. The van der Waals surface area contributed by atoms with Crippen molar-refractivity contribution < 1.29 is 21.6 Å². The van der Waals surface area contributed by atoms with Crippen LogP contribution in [0.4, 0.5) is 30.2 Å². The van der Waals surface area contributed by atoms with Crippen LogP contribution in [-0.4, -0.2) is 8.42 Å². The molecule has 3 aromatic rings. The first kappa shape index (κ1) is 21.5. The Morgan fingerprint density at radius 1 is 0.964 bits per heavy atom. The van der Waals surface area contributed by atoms with E-state index in [2.05, 4.69) is 10.0 Å². The summed E-state index contributed by atoms with van der Waals surface area (Å²) in [5, 5.41) is 2.44. The van der Waals surface area contributed by atoms with Gasteiger partial charge >= 0.3 is 0 Å². The van der Waals surface area contributed by atoms with Crippen molar-refractivity contribution in [1.82, 2.24) is 0 Å². The highest BCUT2D eigenvalue weighted by atomic mass is 127. The van der Waals surface area contributed by atoms with Gasteiger partial charge in [-0.3, -0.25) is 4.72 Å². The number of halogens is 6. The largest absolute Gasteiger partial charge is 0.349 e. The molecule has 0 unspecified atom stereocenters. The average Bonchev–Trinajstić information content (AvgIpc) is 2.96. The Kier molecular flexibility index (Phi) is 6.35. The fraction of sp³-hybridized carbons (Fsp3) is 0. The van der Waals surface area contributed by atoms with E-state index >= 15 is 0 Å². The standard InChI is InChI=1S/C16H8Cl2F3IN2O2S2/c17-8-6-13(27-16(8)18)28(25,26)24-12-4-2-9(19)14(21)15(12)23-11-3-1-7(22)5-10(11)20/h1-6,23-24H. The van der Waals surface area contributed by atoms with E-state index < -0.39 is 33.2 Å². The molecule has 0 amide bonds. The maximum atomic E-state index is 14.4. The lowest BCUT2D eigenvalue weighted by atomic mass is 10.2. The number of thiophene rings is 1.